The van der Waals surface area contributed by atoms with Crippen LogP contribution in [0.2, 0.25) is 0 Å². The highest BCUT2D eigenvalue weighted by molar-refractivity contribution is 5.85. The molecule has 0 unspecified atom stereocenters. The normalized spacial score (nSPS) is 27.5. The van der Waals surface area contributed by atoms with Crippen LogP contribution in [0.1, 0.15) is 48.8 Å². The molecular weight excluding hydrogens is 400 g/mol. The van der Waals surface area contributed by atoms with Gasteiger partial charge in [0.15, 0.2) is 0 Å². The van der Waals surface area contributed by atoms with Gasteiger partial charge in [-0.2, -0.15) is 0 Å². The van der Waals surface area contributed by atoms with Crippen LogP contribution in [0.4, 0.5) is 5.69 Å². The number of halogens is 1. The fourth-order valence-electron chi connectivity index (χ4n) is 6.41. The highest BCUT2D eigenvalue weighted by Gasteiger charge is 2.53. The molecule has 2 fully saturated rings. The lowest BCUT2D eigenvalue weighted by Gasteiger charge is -2.59. The molecule has 3 aliphatic rings. The first-order valence-electron chi connectivity index (χ1n) is 10.9. The Morgan fingerprint density at radius 3 is 2.70 bits per heavy atom. The Bertz CT molecular complexity index is 933. The first-order chi connectivity index (χ1) is 14.1. The molecule has 0 aromatic heterocycles. The summed E-state index contributed by atoms with van der Waals surface area (Å²) in [5.41, 5.74) is 4.42. The number of nitro groups is 1. The molecule has 2 bridgehead atoms. The minimum Gasteiger partial charge on any atom is -0.508 e. The van der Waals surface area contributed by atoms with E-state index < -0.39 is 0 Å². The van der Waals surface area contributed by atoms with Gasteiger partial charge in [0.2, 0.25) is 0 Å². The van der Waals surface area contributed by atoms with Crippen molar-refractivity contribution in [3.63, 3.8) is 0 Å². The average Bonchev–Trinajstić information content (AvgIpc) is 2.74. The molecule has 0 amide bonds. The van der Waals surface area contributed by atoms with Gasteiger partial charge in [-0.25, -0.2) is 0 Å². The second kappa shape index (κ2) is 8.20. The molecule has 0 spiro atoms. The molecule has 160 valence electrons. The van der Waals surface area contributed by atoms with Gasteiger partial charge >= 0.3 is 0 Å². The molecule has 1 N–H and O–H groups in total. The molecule has 3 atom stereocenters. The number of hydrogen-bond acceptors (Lipinski definition) is 4. The summed E-state index contributed by atoms with van der Waals surface area (Å²) in [6, 6.07) is 13.6. The van der Waals surface area contributed by atoms with Crippen molar-refractivity contribution < 1.29 is 10.0 Å². The van der Waals surface area contributed by atoms with Gasteiger partial charge in [-0.1, -0.05) is 31.0 Å². The fraction of sp³-hybridized carbons (Fsp3) is 0.500. The van der Waals surface area contributed by atoms with Gasteiger partial charge in [-0.15, -0.1) is 12.4 Å². The molecule has 30 heavy (non-hydrogen) atoms. The molecular formula is C24H29ClN2O3. The summed E-state index contributed by atoms with van der Waals surface area (Å²) >= 11 is 0. The lowest BCUT2D eigenvalue weighted by molar-refractivity contribution is -0.384. The molecule has 5 nitrogen and oxygen atoms in total. The number of phenols is 1. The van der Waals surface area contributed by atoms with E-state index in [4.69, 9.17) is 0 Å². The van der Waals surface area contributed by atoms with Crippen molar-refractivity contribution in [1.29, 1.82) is 0 Å². The molecule has 1 heterocycles. The van der Waals surface area contributed by atoms with Crippen LogP contribution in [-0.4, -0.2) is 34.1 Å². The summed E-state index contributed by atoms with van der Waals surface area (Å²) in [6.45, 7) is 2.10. The minimum absolute atomic E-state index is 0. The zero-order chi connectivity index (χ0) is 20.0. The first kappa shape index (κ1) is 21.1. The SMILES string of the molecule is Cl.O=[N+]([O-])c1ccc(CCN2CC[C@@]34CCCC[C@H]3[C@@H]2Cc2ccc(O)cc24)cc1. The number of aromatic hydroxyl groups is 1. The number of fused-ring (bicyclic) bond motifs is 1. The monoisotopic (exact) mass is 428 g/mol. The second-order valence-corrected chi connectivity index (χ2v) is 9.08. The van der Waals surface area contributed by atoms with Gasteiger partial charge in [0.05, 0.1) is 4.92 Å². The molecule has 5 rings (SSSR count). The number of piperidine rings is 1. The molecule has 2 aromatic carbocycles. The van der Waals surface area contributed by atoms with Gasteiger partial charge < -0.3 is 5.11 Å². The maximum absolute atomic E-state index is 10.9. The largest absolute Gasteiger partial charge is 0.508 e. The quantitative estimate of drug-likeness (QED) is 0.548. The van der Waals surface area contributed by atoms with Crippen molar-refractivity contribution in [3.8, 4) is 5.75 Å². The Labute approximate surface area is 183 Å². The number of non-ortho nitro benzene ring substituents is 1. The van der Waals surface area contributed by atoms with Gasteiger partial charge in [0, 0.05) is 30.1 Å². The molecule has 2 aliphatic carbocycles. The summed E-state index contributed by atoms with van der Waals surface area (Å²) in [5, 5.41) is 21.0. The van der Waals surface area contributed by atoms with Crippen molar-refractivity contribution in [1.82, 2.24) is 4.90 Å². The van der Waals surface area contributed by atoms with Crippen molar-refractivity contribution in [3.05, 3.63) is 69.3 Å². The van der Waals surface area contributed by atoms with Crippen molar-refractivity contribution in [2.75, 3.05) is 13.1 Å². The lowest BCUT2D eigenvalue weighted by Crippen LogP contribution is -2.61. The van der Waals surface area contributed by atoms with Gasteiger partial charge in [-0.05, 0) is 73.4 Å². The molecule has 2 aromatic rings. The predicted octanol–water partition coefficient (Wildman–Crippen LogP) is 5.02. The van der Waals surface area contributed by atoms with Crippen molar-refractivity contribution in [2.24, 2.45) is 5.92 Å². The average molecular weight is 429 g/mol. The second-order valence-electron chi connectivity index (χ2n) is 9.08. The zero-order valence-electron chi connectivity index (χ0n) is 17.1. The maximum Gasteiger partial charge on any atom is 0.269 e. The van der Waals surface area contributed by atoms with Crippen LogP contribution in [0.3, 0.4) is 0 Å². The Morgan fingerprint density at radius 1 is 1.13 bits per heavy atom. The Morgan fingerprint density at radius 2 is 1.93 bits per heavy atom. The maximum atomic E-state index is 10.9. The summed E-state index contributed by atoms with van der Waals surface area (Å²) < 4.78 is 0. The van der Waals surface area contributed by atoms with Crippen LogP contribution in [0, 0.1) is 16.0 Å². The third-order valence-electron chi connectivity index (χ3n) is 7.77. The number of phenolic OH excluding ortho intramolecular Hbond substituents is 1. The Kier molecular flexibility index (Phi) is 5.78. The van der Waals surface area contributed by atoms with Gasteiger partial charge in [0.1, 0.15) is 5.75 Å². The van der Waals surface area contributed by atoms with Crippen LogP contribution in [-0.2, 0) is 18.3 Å². The number of hydrogen-bond donors (Lipinski definition) is 1. The van der Waals surface area contributed by atoms with Crippen LogP contribution in [0.15, 0.2) is 42.5 Å². The van der Waals surface area contributed by atoms with E-state index in [1.807, 2.05) is 18.2 Å². The van der Waals surface area contributed by atoms with E-state index in [0.29, 0.717) is 17.7 Å². The Balaban J connectivity index is 0.00000218. The lowest BCUT2D eigenvalue weighted by atomic mass is 9.52. The van der Waals surface area contributed by atoms with Crippen molar-refractivity contribution in [2.45, 2.75) is 56.4 Å². The molecule has 1 aliphatic heterocycles. The van der Waals surface area contributed by atoms with Crippen molar-refractivity contribution >= 4 is 18.1 Å². The summed E-state index contributed by atoms with van der Waals surface area (Å²) in [4.78, 5) is 13.2. The molecule has 1 saturated heterocycles. The minimum atomic E-state index is -0.339. The van der Waals surface area contributed by atoms with E-state index in [1.165, 1.54) is 43.2 Å². The summed E-state index contributed by atoms with van der Waals surface area (Å²) in [5.74, 6) is 1.08. The van der Waals surface area contributed by atoms with Crippen LogP contribution < -0.4 is 0 Å². The number of nitrogens with zero attached hydrogens (tertiary/aromatic N) is 2. The van der Waals surface area contributed by atoms with Gasteiger partial charge in [-0.3, -0.25) is 15.0 Å². The third kappa shape index (κ3) is 3.48. The standard InChI is InChI=1S/C24H28N2O3.ClH/c27-20-9-6-18-15-23-21-3-1-2-11-24(21,22(18)16-20)12-14-25(23)13-10-17-4-7-19(8-5-17)26(28)29;/h4-9,16,21,23,27H,1-3,10-15H2;1H/t21-,23-,24-;/m0./s1. The van der Waals surface area contributed by atoms with E-state index in [2.05, 4.69) is 17.0 Å². The fourth-order valence-corrected chi connectivity index (χ4v) is 6.41. The van der Waals surface area contributed by atoms with E-state index in [0.717, 1.165) is 31.5 Å². The van der Waals surface area contributed by atoms with E-state index in [9.17, 15) is 15.2 Å². The number of likely N-dealkylation sites (tertiary alicyclic amines) is 1. The molecule has 0 radical (unpaired) electrons. The van der Waals surface area contributed by atoms with E-state index in [-0.39, 0.29) is 28.4 Å². The smallest absolute Gasteiger partial charge is 0.269 e. The zero-order valence-corrected chi connectivity index (χ0v) is 17.9. The van der Waals surface area contributed by atoms with Crippen LogP contribution in [0.5, 0.6) is 5.75 Å². The summed E-state index contributed by atoms with van der Waals surface area (Å²) in [7, 11) is 0. The topological polar surface area (TPSA) is 66.6 Å². The Hall–Kier alpha value is -2.11. The van der Waals surface area contributed by atoms with E-state index >= 15 is 0 Å². The van der Waals surface area contributed by atoms with Crippen LogP contribution in [0.25, 0.3) is 0 Å². The number of benzene rings is 2. The highest BCUT2D eigenvalue weighted by Crippen LogP contribution is 2.56. The molecule has 6 heteroatoms. The number of nitro benzene ring substituents is 1. The van der Waals surface area contributed by atoms with Gasteiger partial charge in [0.25, 0.3) is 5.69 Å². The third-order valence-corrected chi connectivity index (χ3v) is 7.77. The van der Waals surface area contributed by atoms with Crippen LogP contribution >= 0.6 is 12.4 Å². The first-order valence-corrected chi connectivity index (χ1v) is 10.9. The molecule has 1 saturated carbocycles. The number of rotatable bonds is 4. The summed E-state index contributed by atoms with van der Waals surface area (Å²) in [6.07, 6.45) is 8.31. The highest BCUT2D eigenvalue weighted by atomic mass is 35.5. The van der Waals surface area contributed by atoms with E-state index in [1.54, 1.807) is 12.1 Å². The predicted molar refractivity (Wildman–Crippen MR) is 119 cm³/mol.